The minimum atomic E-state index is -0.378. The van der Waals surface area contributed by atoms with Crippen LogP contribution in [0.5, 0.6) is 0 Å². The Bertz CT molecular complexity index is 1160. The van der Waals surface area contributed by atoms with Crippen LogP contribution < -0.4 is 10.6 Å². The molecule has 32 heavy (non-hydrogen) atoms. The third kappa shape index (κ3) is 5.71. The number of benzene rings is 2. The first kappa shape index (κ1) is 23.0. The van der Waals surface area contributed by atoms with E-state index >= 15 is 0 Å². The van der Waals surface area contributed by atoms with Crippen LogP contribution in [-0.2, 0) is 16.1 Å². The van der Waals surface area contributed by atoms with Gasteiger partial charge in [-0.25, -0.2) is 9.78 Å². The molecule has 7 nitrogen and oxygen atoms in total. The SMILES string of the molecule is COC(=O)c1ccccc1-c1ccc(CNc2nccc(Br)c2NC(=O)CCC#N)cc1. The van der Waals surface area contributed by atoms with Gasteiger partial charge in [-0.05, 0) is 44.8 Å². The molecule has 0 aliphatic rings. The molecular formula is C24H21BrN4O3. The van der Waals surface area contributed by atoms with Gasteiger partial charge in [0.25, 0.3) is 0 Å². The van der Waals surface area contributed by atoms with E-state index in [1.54, 1.807) is 24.4 Å². The summed E-state index contributed by atoms with van der Waals surface area (Å²) < 4.78 is 5.56. The minimum Gasteiger partial charge on any atom is -0.465 e. The molecule has 1 heterocycles. The summed E-state index contributed by atoms with van der Waals surface area (Å²) >= 11 is 3.43. The van der Waals surface area contributed by atoms with Crippen LogP contribution in [0.3, 0.4) is 0 Å². The molecule has 1 amide bonds. The van der Waals surface area contributed by atoms with E-state index in [1.807, 2.05) is 42.5 Å². The van der Waals surface area contributed by atoms with E-state index < -0.39 is 0 Å². The van der Waals surface area contributed by atoms with E-state index in [4.69, 9.17) is 10.00 Å². The Labute approximate surface area is 194 Å². The second kappa shape index (κ2) is 11.1. The molecule has 162 valence electrons. The fourth-order valence-electron chi connectivity index (χ4n) is 3.07. The normalized spacial score (nSPS) is 10.2. The number of methoxy groups -OCH3 is 1. The lowest BCUT2D eigenvalue weighted by molar-refractivity contribution is -0.116. The molecule has 0 fully saturated rings. The smallest absolute Gasteiger partial charge is 0.338 e. The van der Waals surface area contributed by atoms with E-state index in [0.29, 0.717) is 28.1 Å². The van der Waals surface area contributed by atoms with E-state index in [9.17, 15) is 9.59 Å². The van der Waals surface area contributed by atoms with Crippen molar-refractivity contribution in [2.75, 3.05) is 17.7 Å². The molecule has 0 radical (unpaired) electrons. The van der Waals surface area contributed by atoms with Gasteiger partial charge in [0.1, 0.15) is 0 Å². The number of aromatic nitrogens is 1. The van der Waals surface area contributed by atoms with Crippen LogP contribution in [0.2, 0.25) is 0 Å². The van der Waals surface area contributed by atoms with Crippen LogP contribution in [0, 0.1) is 11.3 Å². The number of rotatable bonds is 8. The van der Waals surface area contributed by atoms with Crippen molar-refractivity contribution in [2.24, 2.45) is 0 Å². The molecule has 3 rings (SSSR count). The molecule has 0 saturated heterocycles. The summed E-state index contributed by atoms with van der Waals surface area (Å²) in [7, 11) is 1.37. The number of hydrogen-bond acceptors (Lipinski definition) is 6. The molecule has 0 aliphatic carbocycles. The van der Waals surface area contributed by atoms with Crippen molar-refractivity contribution in [3.63, 3.8) is 0 Å². The number of nitrogens with zero attached hydrogens (tertiary/aromatic N) is 2. The Morgan fingerprint density at radius 1 is 1.12 bits per heavy atom. The highest BCUT2D eigenvalue weighted by molar-refractivity contribution is 9.10. The Hall–Kier alpha value is -3.70. The van der Waals surface area contributed by atoms with Gasteiger partial charge in [-0.3, -0.25) is 4.79 Å². The van der Waals surface area contributed by atoms with Gasteiger partial charge < -0.3 is 15.4 Å². The summed E-state index contributed by atoms with van der Waals surface area (Å²) in [6, 6.07) is 18.8. The zero-order valence-electron chi connectivity index (χ0n) is 17.4. The number of ether oxygens (including phenoxy) is 1. The molecule has 0 aliphatic heterocycles. The summed E-state index contributed by atoms with van der Waals surface area (Å²) in [6.45, 7) is 0.476. The van der Waals surface area contributed by atoms with Gasteiger partial charge in [0.15, 0.2) is 5.82 Å². The quantitative estimate of drug-likeness (QED) is 0.421. The van der Waals surface area contributed by atoms with Crippen molar-refractivity contribution in [1.82, 2.24) is 4.98 Å². The lowest BCUT2D eigenvalue weighted by Gasteiger charge is -2.14. The number of esters is 1. The van der Waals surface area contributed by atoms with Gasteiger partial charge in [-0.2, -0.15) is 5.26 Å². The molecule has 2 aromatic carbocycles. The third-order valence-electron chi connectivity index (χ3n) is 4.69. The van der Waals surface area contributed by atoms with Crippen molar-refractivity contribution < 1.29 is 14.3 Å². The zero-order chi connectivity index (χ0) is 22.9. The van der Waals surface area contributed by atoms with E-state index in [2.05, 4.69) is 31.5 Å². The fraction of sp³-hybridized carbons (Fsp3) is 0.167. The minimum absolute atomic E-state index is 0.117. The molecule has 0 bridgehead atoms. The largest absolute Gasteiger partial charge is 0.465 e. The Kier molecular flexibility index (Phi) is 7.95. The highest BCUT2D eigenvalue weighted by Crippen LogP contribution is 2.30. The third-order valence-corrected chi connectivity index (χ3v) is 5.35. The number of hydrogen-bond donors (Lipinski definition) is 2. The average molecular weight is 493 g/mol. The molecule has 0 atom stereocenters. The summed E-state index contributed by atoms with van der Waals surface area (Å²) in [5, 5.41) is 14.7. The number of pyridine rings is 1. The predicted octanol–water partition coefficient (Wildman–Crippen LogP) is 5.15. The van der Waals surface area contributed by atoms with E-state index in [-0.39, 0.29) is 24.7 Å². The van der Waals surface area contributed by atoms with Crippen LogP contribution in [0.1, 0.15) is 28.8 Å². The summed E-state index contributed by atoms with van der Waals surface area (Å²) in [4.78, 5) is 28.4. The number of nitrogens with one attached hydrogen (secondary N) is 2. The fourth-order valence-corrected chi connectivity index (χ4v) is 3.48. The van der Waals surface area contributed by atoms with Crippen molar-refractivity contribution in [3.8, 4) is 17.2 Å². The Balaban J connectivity index is 1.73. The van der Waals surface area contributed by atoms with Crippen LogP contribution >= 0.6 is 15.9 Å². The molecule has 3 aromatic rings. The maximum absolute atomic E-state index is 12.0. The molecule has 1 aromatic heterocycles. The van der Waals surface area contributed by atoms with Crippen LogP contribution in [0.15, 0.2) is 65.3 Å². The summed E-state index contributed by atoms with van der Waals surface area (Å²) in [5.74, 6) is -0.113. The van der Waals surface area contributed by atoms with E-state index in [1.165, 1.54) is 7.11 Å². The summed E-state index contributed by atoms with van der Waals surface area (Å²) in [6.07, 6.45) is 1.90. The molecule has 0 spiro atoms. The highest BCUT2D eigenvalue weighted by atomic mass is 79.9. The van der Waals surface area contributed by atoms with Gasteiger partial charge in [-0.1, -0.05) is 42.5 Å². The number of anilines is 2. The topological polar surface area (TPSA) is 104 Å². The van der Waals surface area contributed by atoms with Crippen LogP contribution in [-0.4, -0.2) is 24.0 Å². The van der Waals surface area contributed by atoms with Gasteiger partial charge >= 0.3 is 5.97 Å². The van der Waals surface area contributed by atoms with Gasteiger partial charge in [0.2, 0.25) is 5.91 Å². The standard InChI is InChI=1S/C24H21BrN4O3/c1-32-24(31)19-6-3-2-5-18(19)17-10-8-16(9-11-17)15-28-23-22(20(25)12-14-27-23)29-21(30)7-4-13-26/h2-3,5-6,8-12,14H,4,7,15H2,1H3,(H,27,28)(H,29,30). The first-order valence-corrected chi connectivity index (χ1v) is 10.6. The Morgan fingerprint density at radius 3 is 2.59 bits per heavy atom. The molecular weight excluding hydrogens is 472 g/mol. The number of nitriles is 1. The van der Waals surface area contributed by atoms with Crippen LogP contribution in [0.4, 0.5) is 11.5 Å². The first-order chi connectivity index (χ1) is 15.5. The number of carbonyl (C=O) groups excluding carboxylic acids is 2. The monoisotopic (exact) mass is 492 g/mol. The van der Waals surface area contributed by atoms with Gasteiger partial charge in [0.05, 0.1) is 24.4 Å². The molecule has 0 unspecified atom stereocenters. The van der Waals surface area contributed by atoms with Gasteiger partial charge in [-0.15, -0.1) is 0 Å². The van der Waals surface area contributed by atoms with Crippen molar-refractivity contribution in [2.45, 2.75) is 19.4 Å². The highest BCUT2D eigenvalue weighted by Gasteiger charge is 2.13. The molecule has 0 saturated carbocycles. The first-order valence-electron chi connectivity index (χ1n) is 9.85. The van der Waals surface area contributed by atoms with Crippen molar-refractivity contribution in [3.05, 3.63) is 76.4 Å². The number of halogens is 1. The maximum atomic E-state index is 12.0. The van der Waals surface area contributed by atoms with Gasteiger partial charge in [0, 0.05) is 30.1 Å². The lowest BCUT2D eigenvalue weighted by atomic mass is 9.98. The number of amides is 1. The second-order valence-electron chi connectivity index (χ2n) is 6.81. The number of carbonyl (C=O) groups is 2. The Morgan fingerprint density at radius 2 is 1.88 bits per heavy atom. The van der Waals surface area contributed by atoms with E-state index in [0.717, 1.165) is 16.7 Å². The van der Waals surface area contributed by atoms with Crippen molar-refractivity contribution in [1.29, 1.82) is 5.26 Å². The maximum Gasteiger partial charge on any atom is 0.338 e. The lowest BCUT2D eigenvalue weighted by Crippen LogP contribution is -2.14. The molecule has 8 heteroatoms. The van der Waals surface area contributed by atoms with Crippen LogP contribution in [0.25, 0.3) is 11.1 Å². The van der Waals surface area contributed by atoms with Crippen molar-refractivity contribution >= 4 is 39.3 Å². The predicted molar refractivity (Wildman–Crippen MR) is 126 cm³/mol. The second-order valence-corrected chi connectivity index (χ2v) is 7.66. The zero-order valence-corrected chi connectivity index (χ0v) is 19.0. The summed E-state index contributed by atoms with van der Waals surface area (Å²) in [5.41, 5.74) is 3.73. The molecule has 2 N–H and O–H groups in total. The average Bonchev–Trinajstić information content (AvgIpc) is 2.83.